The largest absolute Gasteiger partial charge is 0.507 e. The van der Waals surface area contributed by atoms with Gasteiger partial charge in [-0.1, -0.05) is 61.2 Å². The van der Waals surface area contributed by atoms with Crippen molar-refractivity contribution in [2.45, 2.75) is 62.8 Å². The second kappa shape index (κ2) is 14.4. The Balaban J connectivity index is 1.41. The minimum absolute atomic E-state index is 0.0101. The van der Waals surface area contributed by atoms with Gasteiger partial charge >= 0.3 is 5.91 Å². The number of carbonyl (C=O) groups excluding carboxylic acids is 2. The lowest BCUT2D eigenvalue weighted by Crippen LogP contribution is -2.29. The number of rotatable bonds is 12. The Morgan fingerprint density at radius 3 is 2.69 bits per heavy atom. The highest BCUT2D eigenvalue weighted by Crippen LogP contribution is 2.46. The third-order valence-electron chi connectivity index (χ3n) is 8.06. The van der Waals surface area contributed by atoms with E-state index in [0.29, 0.717) is 63.8 Å². The molecule has 4 aromatic rings. The van der Waals surface area contributed by atoms with Crippen LogP contribution in [0.1, 0.15) is 62.4 Å². The third-order valence-corrected chi connectivity index (χ3v) is 10.2. The number of nitrogens with zero attached hydrogens (tertiary/aromatic N) is 3. The van der Waals surface area contributed by atoms with Crippen molar-refractivity contribution in [3.05, 3.63) is 94.3 Å². The zero-order valence-corrected chi connectivity index (χ0v) is 28.7. The molecule has 0 aliphatic carbocycles. The molecule has 3 heterocycles. The lowest BCUT2D eigenvalue weighted by Gasteiger charge is -2.24. The summed E-state index contributed by atoms with van der Waals surface area (Å²) in [5.74, 6) is 0.132. The molecule has 0 radical (unpaired) electrons. The summed E-state index contributed by atoms with van der Waals surface area (Å²) < 4.78 is 32.6. The Labute approximate surface area is 286 Å². The van der Waals surface area contributed by atoms with Crippen molar-refractivity contribution in [2.24, 2.45) is 5.92 Å². The van der Waals surface area contributed by atoms with E-state index in [2.05, 4.69) is 24.0 Å². The molecule has 1 aromatic heterocycles. The number of benzene rings is 3. The van der Waals surface area contributed by atoms with E-state index >= 15 is 0 Å². The normalized spacial score (nSPS) is 18.3. The first-order chi connectivity index (χ1) is 23.1. The molecule has 0 bridgehead atoms. The number of aliphatic hydroxyl groups is 1. The van der Waals surface area contributed by atoms with Gasteiger partial charge < -0.3 is 19.3 Å². The number of hydrogen-bond acceptors (Lipinski definition) is 10. The van der Waals surface area contributed by atoms with Crippen LogP contribution >= 0.6 is 23.1 Å². The van der Waals surface area contributed by atoms with Gasteiger partial charge in [0.1, 0.15) is 23.4 Å². The number of aliphatic hydroxyl groups excluding tert-OH is 1. The average Bonchev–Trinajstić information content (AvgIpc) is 3.75. The summed E-state index contributed by atoms with van der Waals surface area (Å²) in [7, 11) is 0. The Bertz CT molecular complexity index is 1880. The van der Waals surface area contributed by atoms with Crippen LogP contribution < -0.4 is 19.1 Å². The number of fused-ring (bicyclic) bond motifs is 1. The number of thioether (sulfide) groups is 1. The van der Waals surface area contributed by atoms with E-state index in [-0.39, 0.29) is 28.4 Å². The standard InChI is InChI=1S/C36H36FN3O6S2/c1-5-44-29-18-22(10-13-28(29)45-15-14-20(2)3)31-30(32(41)23-11-12-27-25(17-23)16-21(4)46-27)33(42)34(43)40(31)35-38-39-36(48-35)47-19-24-8-6-7-9-26(24)37/h6-13,17-18,20-21,31,41H,5,14-16,19H2,1-4H3/b32-30+. The first-order valence-corrected chi connectivity index (χ1v) is 17.6. The van der Waals surface area contributed by atoms with E-state index in [0.717, 1.165) is 29.1 Å². The highest BCUT2D eigenvalue weighted by molar-refractivity contribution is 8.00. The molecule has 9 nitrogen and oxygen atoms in total. The summed E-state index contributed by atoms with van der Waals surface area (Å²) in [6.45, 7) is 8.90. The van der Waals surface area contributed by atoms with Gasteiger partial charge in [-0.15, -0.1) is 10.2 Å². The van der Waals surface area contributed by atoms with Crippen molar-refractivity contribution in [3.8, 4) is 17.2 Å². The maximum atomic E-state index is 14.3. The van der Waals surface area contributed by atoms with Gasteiger partial charge in [0.25, 0.3) is 5.78 Å². The van der Waals surface area contributed by atoms with Crippen molar-refractivity contribution in [3.63, 3.8) is 0 Å². The van der Waals surface area contributed by atoms with Crippen LogP contribution in [0, 0.1) is 11.7 Å². The first kappa shape index (κ1) is 33.5. The molecule has 6 rings (SSSR count). The molecular weight excluding hydrogens is 654 g/mol. The first-order valence-electron chi connectivity index (χ1n) is 15.8. The Morgan fingerprint density at radius 1 is 1.10 bits per heavy atom. The van der Waals surface area contributed by atoms with Gasteiger partial charge in [-0.05, 0) is 79.3 Å². The zero-order valence-electron chi connectivity index (χ0n) is 27.1. The smallest absolute Gasteiger partial charge is 0.301 e. The maximum Gasteiger partial charge on any atom is 0.301 e. The van der Waals surface area contributed by atoms with Gasteiger partial charge in [-0.3, -0.25) is 14.5 Å². The molecule has 0 spiro atoms. The van der Waals surface area contributed by atoms with Gasteiger partial charge in [0.2, 0.25) is 5.13 Å². The van der Waals surface area contributed by atoms with Gasteiger partial charge in [-0.25, -0.2) is 4.39 Å². The number of ether oxygens (including phenoxy) is 3. The highest BCUT2D eigenvalue weighted by Gasteiger charge is 2.48. The number of anilines is 1. The number of hydrogen-bond donors (Lipinski definition) is 1. The molecule has 0 saturated carbocycles. The predicted octanol–water partition coefficient (Wildman–Crippen LogP) is 7.74. The molecule has 1 N–H and O–H groups in total. The van der Waals surface area contributed by atoms with Gasteiger partial charge in [-0.2, -0.15) is 0 Å². The number of ketones is 1. The van der Waals surface area contributed by atoms with E-state index in [4.69, 9.17) is 14.2 Å². The molecule has 2 aliphatic rings. The topological polar surface area (TPSA) is 111 Å². The SMILES string of the molecule is CCOc1cc(C2/C(=C(\O)c3ccc4c(c3)CC(C)O4)C(=O)C(=O)N2c2nnc(SCc3ccccc3F)s2)ccc1OCCC(C)C. The van der Waals surface area contributed by atoms with Crippen molar-refractivity contribution >= 4 is 45.7 Å². The van der Waals surface area contributed by atoms with E-state index in [9.17, 15) is 19.1 Å². The molecule has 250 valence electrons. The van der Waals surface area contributed by atoms with E-state index in [1.807, 2.05) is 13.8 Å². The molecule has 1 saturated heterocycles. The van der Waals surface area contributed by atoms with Crippen LogP contribution in [0.3, 0.4) is 0 Å². The summed E-state index contributed by atoms with van der Waals surface area (Å²) in [5.41, 5.74) is 2.24. The highest BCUT2D eigenvalue weighted by atomic mass is 32.2. The number of carbonyl (C=O) groups is 2. The van der Waals surface area contributed by atoms with Crippen LogP contribution in [0.25, 0.3) is 5.76 Å². The molecule has 2 atom stereocenters. The second-order valence-electron chi connectivity index (χ2n) is 12.0. The summed E-state index contributed by atoms with van der Waals surface area (Å²) in [4.78, 5) is 28.9. The van der Waals surface area contributed by atoms with E-state index in [1.54, 1.807) is 54.6 Å². The Hall–Kier alpha value is -4.42. The molecule has 3 aromatic carbocycles. The van der Waals surface area contributed by atoms with Gasteiger partial charge in [0.05, 0.1) is 24.8 Å². The van der Waals surface area contributed by atoms with Crippen molar-refractivity contribution in [2.75, 3.05) is 18.1 Å². The number of halogens is 1. The molecule has 2 unspecified atom stereocenters. The summed E-state index contributed by atoms with van der Waals surface area (Å²) in [6, 6.07) is 15.9. The summed E-state index contributed by atoms with van der Waals surface area (Å²) >= 11 is 2.39. The second-order valence-corrected chi connectivity index (χ2v) is 14.2. The minimum atomic E-state index is -1.05. The fraction of sp³-hybridized carbons (Fsp3) is 0.333. The molecule has 1 amide bonds. The zero-order chi connectivity index (χ0) is 33.9. The van der Waals surface area contributed by atoms with Crippen molar-refractivity contribution in [1.29, 1.82) is 0 Å². The predicted molar refractivity (Wildman–Crippen MR) is 183 cm³/mol. The van der Waals surface area contributed by atoms with Gasteiger partial charge in [0, 0.05) is 17.7 Å². The molecule has 12 heteroatoms. The minimum Gasteiger partial charge on any atom is -0.507 e. The Kier molecular flexibility index (Phi) is 10.0. The van der Waals surface area contributed by atoms with Crippen LogP contribution in [0.2, 0.25) is 0 Å². The average molecular weight is 690 g/mol. The van der Waals surface area contributed by atoms with E-state index in [1.165, 1.54) is 22.7 Å². The monoisotopic (exact) mass is 689 g/mol. The lowest BCUT2D eigenvalue weighted by molar-refractivity contribution is -0.132. The van der Waals surface area contributed by atoms with Crippen LogP contribution in [-0.4, -0.2) is 46.3 Å². The third kappa shape index (κ3) is 6.91. The van der Waals surface area contributed by atoms with Crippen LogP contribution in [0.5, 0.6) is 17.2 Å². The fourth-order valence-electron chi connectivity index (χ4n) is 5.67. The van der Waals surface area contributed by atoms with Crippen LogP contribution in [0.4, 0.5) is 9.52 Å². The lowest BCUT2D eigenvalue weighted by atomic mass is 9.94. The molecule has 1 fully saturated rings. The number of aromatic nitrogens is 2. The maximum absolute atomic E-state index is 14.3. The van der Waals surface area contributed by atoms with Crippen LogP contribution in [0.15, 0.2) is 70.6 Å². The summed E-state index contributed by atoms with van der Waals surface area (Å²) in [5, 5.41) is 20.4. The van der Waals surface area contributed by atoms with E-state index < -0.39 is 17.7 Å². The van der Waals surface area contributed by atoms with Gasteiger partial charge in [0.15, 0.2) is 15.8 Å². The molecule has 48 heavy (non-hydrogen) atoms. The summed E-state index contributed by atoms with van der Waals surface area (Å²) in [6.07, 6.45) is 1.50. The Morgan fingerprint density at radius 2 is 1.92 bits per heavy atom. The molecule has 2 aliphatic heterocycles. The van der Waals surface area contributed by atoms with Crippen LogP contribution in [-0.2, 0) is 21.8 Å². The van der Waals surface area contributed by atoms with Crippen molar-refractivity contribution in [1.82, 2.24) is 10.2 Å². The van der Waals surface area contributed by atoms with Crippen molar-refractivity contribution < 1.29 is 33.3 Å². The quantitative estimate of drug-likeness (QED) is 0.0525. The fourth-order valence-corrected chi connectivity index (χ4v) is 7.52. The number of Topliss-reactive ketones (excluding diaryl/α,β-unsaturated/α-hetero) is 1. The molecular formula is C36H36FN3O6S2. The number of amides is 1.